The van der Waals surface area contributed by atoms with Crippen LogP contribution in [0.4, 0.5) is 5.69 Å². The number of anilines is 1. The van der Waals surface area contributed by atoms with E-state index >= 15 is 0 Å². The van der Waals surface area contributed by atoms with Crippen LogP contribution in [0.15, 0.2) is 55.6 Å². The van der Waals surface area contributed by atoms with Gasteiger partial charge in [-0.05, 0) is 38.3 Å². The number of hydrogen-bond donors (Lipinski definition) is 1. The highest BCUT2D eigenvalue weighted by Gasteiger charge is 2.79. The Kier molecular flexibility index (Phi) is 9.41. The quantitative estimate of drug-likeness (QED) is 0.349. The van der Waals surface area contributed by atoms with Crippen molar-refractivity contribution in [2.75, 3.05) is 64.0 Å². The molecule has 0 saturated carbocycles. The summed E-state index contributed by atoms with van der Waals surface area (Å²) in [6.45, 7) is 15.8. The Labute approximate surface area is 254 Å². The second-order valence-corrected chi connectivity index (χ2v) is 12.2. The molecule has 2 bridgehead atoms. The maximum absolute atomic E-state index is 14.6. The Bertz CT molecular complexity index is 1210. The molecule has 3 amide bonds. The van der Waals surface area contributed by atoms with Gasteiger partial charge in [0, 0.05) is 45.0 Å². The third-order valence-corrected chi connectivity index (χ3v) is 9.95. The van der Waals surface area contributed by atoms with Crippen LogP contribution in [0.2, 0.25) is 0 Å². The first-order valence-electron chi connectivity index (χ1n) is 15.6. The predicted octanol–water partition coefficient (Wildman–Crippen LogP) is 2.09. The molecular formula is C33H46N4O6. The maximum Gasteiger partial charge on any atom is 0.248 e. The Balaban J connectivity index is 1.53. The van der Waals surface area contributed by atoms with Crippen molar-refractivity contribution in [1.29, 1.82) is 0 Å². The molecule has 4 heterocycles. The number of hydrogen-bond acceptors (Lipinski definition) is 7. The molecular weight excluding hydrogens is 548 g/mol. The van der Waals surface area contributed by atoms with Gasteiger partial charge in [-0.25, -0.2) is 0 Å². The summed E-state index contributed by atoms with van der Waals surface area (Å²) in [5.41, 5.74) is -1.31. The van der Waals surface area contributed by atoms with Gasteiger partial charge >= 0.3 is 0 Å². The highest BCUT2D eigenvalue weighted by molar-refractivity contribution is 6.03. The van der Waals surface area contributed by atoms with Crippen LogP contribution >= 0.6 is 0 Å². The van der Waals surface area contributed by atoms with Gasteiger partial charge in [0.05, 0.1) is 43.3 Å². The van der Waals surface area contributed by atoms with Gasteiger partial charge in [-0.3, -0.25) is 19.3 Å². The van der Waals surface area contributed by atoms with Crippen LogP contribution in [0, 0.1) is 11.8 Å². The zero-order chi connectivity index (χ0) is 30.8. The highest BCUT2D eigenvalue weighted by Crippen LogP contribution is 2.65. The molecule has 4 aliphatic heterocycles. The van der Waals surface area contributed by atoms with Gasteiger partial charge in [-0.2, -0.15) is 0 Å². The fourth-order valence-electron chi connectivity index (χ4n) is 7.81. The minimum Gasteiger partial charge on any atom is -0.394 e. The lowest BCUT2D eigenvalue weighted by Crippen LogP contribution is -2.59. The molecule has 5 rings (SSSR count). The minimum atomic E-state index is -1.16. The van der Waals surface area contributed by atoms with Gasteiger partial charge in [0.15, 0.2) is 0 Å². The van der Waals surface area contributed by atoms with E-state index < -0.39 is 35.1 Å². The summed E-state index contributed by atoms with van der Waals surface area (Å²) in [6.07, 6.45) is 4.97. The zero-order valence-electron chi connectivity index (χ0n) is 25.5. The van der Waals surface area contributed by atoms with Gasteiger partial charge in [0.1, 0.15) is 11.6 Å². The second kappa shape index (κ2) is 12.9. The average Bonchev–Trinajstić information content (AvgIpc) is 3.65. The van der Waals surface area contributed by atoms with Crippen LogP contribution in [0.5, 0.6) is 0 Å². The number of nitrogens with zero attached hydrogens (tertiary/aromatic N) is 4. The lowest BCUT2D eigenvalue weighted by molar-refractivity contribution is -0.155. The summed E-state index contributed by atoms with van der Waals surface area (Å²) in [4.78, 5) is 50.9. The Morgan fingerprint density at radius 2 is 1.81 bits per heavy atom. The van der Waals surface area contributed by atoms with Crippen LogP contribution < -0.4 is 4.90 Å². The summed E-state index contributed by atoms with van der Waals surface area (Å²) in [5, 5.41) is 10.3. The van der Waals surface area contributed by atoms with Crippen molar-refractivity contribution >= 4 is 23.4 Å². The normalized spacial score (nSPS) is 30.6. The van der Waals surface area contributed by atoms with Crippen molar-refractivity contribution in [3.8, 4) is 0 Å². The van der Waals surface area contributed by atoms with Crippen molar-refractivity contribution in [3.05, 3.63) is 55.6 Å². The number of aliphatic hydroxyl groups is 1. The first kappa shape index (κ1) is 31.4. The minimum absolute atomic E-state index is 0.201. The molecule has 4 aliphatic rings. The first-order valence-corrected chi connectivity index (χ1v) is 15.6. The molecule has 234 valence electrons. The largest absolute Gasteiger partial charge is 0.394 e. The van der Waals surface area contributed by atoms with Crippen molar-refractivity contribution < 1.29 is 29.0 Å². The first-order chi connectivity index (χ1) is 20.8. The van der Waals surface area contributed by atoms with Crippen molar-refractivity contribution in [2.45, 2.75) is 56.4 Å². The van der Waals surface area contributed by atoms with Gasteiger partial charge in [-0.15, -0.1) is 13.2 Å². The molecule has 0 aliphatic carbocycles. The van der Waals surface area contributed by atoms with E-state index in [4.69, 9.17) is 9.47 Å². The number of likely N-dealkylation sites (tertiary alicyclic amines) is 1. The lowest BCUT2D eigenvalue weighted by Gasteiger charge is -2.39. The molecule has 4 saturated heterocycles. The molecule has 1 N–H and O–H groups in total. The number of rotatable bonds is 13. The van der Waals surface area contributed by atoms with Gasteiger partial charge in [0.25, 0.3) is 0 Å². The van der Waals surface area contributed by atoms with Crippen LogP contribution in [0.1, 0.15) is 33.1 Å². The van der Waals surface area contributed by atoms with E-state index in [2.05, 4.69) is 18.1 Å². The number of morpholine rings is 1. The van der Waals surface area contributed by atoms with Crippen LogP contribution in [0.3, 0.4) is 0 Å². The second-order valence-electron chi connectivity index (χ2n) is 12.2. The molecule has 1 aromatic carbocycles. The maximum atomic E-state index is 14.6. The standard InChI is InChI=1S/C33H46N4O6/c1-5-15-35(18-17-34-19-21-42-22-20-34)31(41)28-33-14-13-32(7-3,43-33)26(27(33)30(40)37(28)24(4)23-38)29(39)36(16-6-2)25-11-9-8-10-12-25/h5-6,8-12,24,26-28,38H,1-2,7,13-23H2,3-4H3/t24-,26+,27+,28?,32-,33?/m1/s1. The molecule has 10 heteroatoms. The predicted molar refractivity (Wildman–Crippen MR) is 163 cm³/mol. The van der Waals surface area contributed by atoms with Crippen LogP contribution in [-0.4, -0.2) is 120 Å². The lowest BCUT2D eigenvalue weighted by atomic mass is 9.64. The van der Waals surface area contributed by atoms with Gasteiger partial charge in [0.2, 0.25) is 17.7 Å². The third kappa shape index (κ3) is 5.32. The van der Waals surface area contributed by atoms with E-state index in [0.29, 0.717) is 52.1 Å². The molecule has 1 spiro atoms. The topological polar surface area (TPSA) is 103 Å². The van der Waals surface area contributed by atoms with Crippen LogP contribution in [-0.2, 0) is 23.9 Å². The molecule has 0 aromatic heterocycles. The third-order valence-electron chi connectivity index (χ3n) is 9.95. The smallest absolute Gasteiger partial charge is 0.248 e. The number of fused-ring (bicyclic) bond motifs is 1. The van der Waals surface area contributed by atoms with Crippen molar-refractivity contribution in [3.63, 3.8) is 0 Å². The average molecular weight is 595 g/mol. The Morgan fingerprint density at radius 3 is 2.44 bits per heavy atom. The van der Waals surface area contributed by atoms with Gasteiger partial charge in [-0.1, -0.05) is 37.3 Å². The summed E-state index contributed by atoms with van der Waals surface area (Å²) in [5.74, 6) is -2.33. The molecule has 2 unspecified atom stereocenters. The van der Waals surface area contributed by atoms with E-state index in [0.717, 1.165) is 18.8 Å². The number of ether oxygens (including phenoxy) is 2. The number of carbonyl (C=O) groups is 3. The summed E-state index contributed by atoms with van der Waals surface area (Å²) in [7, 11) is 0. The number of para-hydroxylation sites is 1. The number of carbonyl (C=O) groups excluding carboxylic acids is 3. The summed E-state index contributed by atoms with van der Waals surface area (Å²) >= 11 is 0. The van der Waals surface area contributed by atoms with E-state index in [9.17, 15) is 19.5 Å². The van der Waals surface area contributed by atoms with E-state index in [1.54, 1.807) is 28.9 Å². The van der Waals surface area contributed by atoms with E-state index in [-0.39, 0.29) is 30.9 Å². The highest BCUT2D eigenvalue weighted by atomic mass is 16.5. The molecule has 1 aromatic rings. The van der Waals surface area contributed by atoms with Gasteiger partial charge < -0.3 is 29.3 Å². The zero-order valence-corrected chi connectivity index (χ0v) is 25.5. The fourth-order valence-corrected chi connectivity index (χ4v) is 7.81. The number of aliphatic hydroxyl groups excluding tert-OH is 1. The van der Waals surface area contributed by atoms with E-state index in [1.807, 2.05) is 37.3 Å². The van der Waals surface area contributed by atoms with Crippen molar-refractivity contribution in [2.24, 2.45) is 11.8 Å². The fraction of sp³-hybridized carbons (Fsp3) is 0.606. The summed E-state index contributed by atoms with van der Waals surface area (Å²) in [6, 6.07) is 7.80. The SMILES string of the molecule is C=CCN(CCN1CCOCC1)C(=O)C1N([C@H](C)CO)C(=O)[C@@H]2[C@@H](C(=O)N(CC=C)c3ccccc3)[C@@]3(CC)CCC12O3. The Hall–Kier alpha value is -3.05. The summed E-state index contributed by atoms with van der Waals surface area (Å²) < 4.78 is 12.4. The molecule has 6 atom stereocenters. The van der Waals surface area contributed by atoms with Crippen LogP contribution in [0.25, 0.3) is 0 Å². The number of amides is 3. The van der Waals surface area contributed by atoms with E-state index in [1.165, 1.54) is 4.90 Å². The molecule has 4 fully saturated rings. The molecule has 0 radical (unpaired) electrons. The monoisotopic (exact) mass is 594 g/mol. The Morgan fingerprint density at radius 1 is 1.12 bits per heavy atom. The van der Waals surface area contributed by atoms with Crippen molar-refractivity contribution in [1.82, 2.24) is 14.7 Å². The number of benzene rings is 1. The molecule has 10 nitrogen and oxygen atoms in total. The molecule has 43 heavy (non-hydrogen) atoms.